The van der Waals surface area contributed by atoms with Crippen LogP contribution in [0.25, 0.3) is 0 Å². The van der Waals surface area contributed by atoms with Crippen LogP contribution in [0.2, 0.25) is 5.02 Å². The molecule has 0 bridgehead atoms. The molecule has 2 aromatic carbocycles. The van der Waals surface area contributed by atoms with E-state index in [1.807, 2.05) is 36.4 Å². The number of benzene rings is 2. The van der Waals surface area contributed by atoms with E-state index in [0.717, 1.165) is 17.8 Å². The Kier molecular flexibility index (Phi) is 3.75. The molecule has 1 heterocycles. The first-order chi connectivity index (χ1) is 9.74. The maximum Gasteiger partial charge on any atom is 0.138 e. The number of hydrogen-bond donors (Lipinski definition) is 1. The van der Waals surface area contributed by atoms with E-state index in [4.69, 9.17) is 11.6 Å². The van der Waals surface area contributed by atoms with Crippen LogP contribution >= 0.6 is 11.6 Å². The smallest absolute Gasteiger partial charge is 0.138 e. The second kappa shape index (κ2) is 5.68. The average Bonchev–Trinajstić information content (AvgIpc) is 2.85. The first-order valence-electron chi connectivity index (χ1n) is 6.82. The fourth-order valence-corrected chi connectivity index (χ4v) is 2.94. The number of nitrogens with one attached hydrogen (secondary N) is 1. The minimum Gasteiger partial charge on any atom is -0.384 e. The Labute approximate surface area is 123 Å². The molecule has 1 atom stereocenters. The Balaban J connectivity index is 1.68. The number of rotatable bonds is 4. The van der Waals surface area contributed by atoms with E-state index in [9.17, 15) is 4.79 Å². The van der Waals surface area contributed by atoms with Gasteiger partial charge in [0.15, 0.2) is 0 Å². The summed E-state index contributed by atoms with van der Waals surface area (Å²) in [6, 6.07) is 15.7. The highest BCUT2D eigenvalue weighted by Crippen LogP contribution is 2.33. The van der Waals surface area contributed by atoms with Crippen LogP contribution in [0.3, 0.4) is 0 Å². The third-order valence-corrected chi connectivity index (χ3v) is 4.13. The Bertz CT molecular complexity index is 638. The summed E-state index contributed by atoms with van der Waals surface area (Å²) in [5.41, 5.74) is 3.32. The molecule has 0 radical (unpaired) electrons. The first-order valence-corrected chi connectivity index (χ1v) is 7.20. The number of hydrogen-bond acceptors (Lipinski definition) is 2. The van der Waals surface area contributed by atoms with Crippen molar-refractivity contribution in [2.24, 2.45) is 0 Å². The zero-order chi connectivity index (χ0) is 13.9. The molecule has 1 unspecified atom stereocenters. The van der Waals surface area contributed by atoms with E-state index in [0.29, 0.717) is 17.9 Å². The van der Waals surface area contributed by atoms with Crippen LogP contribution in [0.4, 0.5) is 5.69 Å². The number of carbonyl (C=O) groups excluding carboxylic acids is 1. The number of carbonyl (C=O) groups is 1. The lowest BCUT2D eigenvalue weighted by atomic mass is 9.93. The first kappa shape index (κ1) is 13.2. The summed E-state index contributed by atoms with van der Waals surface area (Å²) in [6.45, 7) is 0.841. The van der Waals surface area contributed by atoms with Gasteiger partial charge in [-0.05, 0) is 23.3 Å². The van der Waals surface area contributed by atoms with Gasteiger partial charge in [0.05, 0.1) is 0 Å². The van der Waals surface area contributed by atoms with Gasteiger partial charge in [0.25, 0.3) is 0 Å². The number of Topliss-reactive ketones (excluding diaryl/α,β-unsaturated/α-hetero) is 1. The van der Waals surface area contributed by atoms with Gasteiger partial charge in [-0.3, -0.25) is 4.79 Å². The number of ketones is 1. The summed E-state index contributed by atoms with van der Waals surface area (Å²) < 4.78 is 0. The molecule has 0 amide bonds. The van der Waals surface area contributed by atoms with Gasteiger partial charge in [0, 0.05) is 36.0 Å². The van der Waals surface area contributed by atoms with E-state index in [1.165, 1.54) is 5.56 Å². The summed E-state index contributed by atoms with van der Waals surface area (Å²) in [7, 11) is 0. The topological polar surface area (TPSA) is 29.1 Å². The average molecular weight is 286 g/mol. The highest BCUT2D eigenvalue weighted by atomic mass is 35.5. The van der Waals surface area contributed by atoms with Gasteiger partial charge < -0.3 is 5.32 Å². The predicted octanol–water partition coefficient (Wildman–Crippen LogP) is 4.05. The van der Waals surface area contributed by atoms with Gasteiger partial charge in [-0.25, -0.2) is 0 Å². The molecule has 3 rings (SSSR count). The standard InChI is InChI=1S/C17H16ClNO/c18-16-7-3-1-5-12(16)9-14(20)10-13-11-19-17-8-4-2-6-15(13)17/h1-8,13,19H,9-11H2. The molecule has 0 fully saturated rings. The fourth-order valence-electron chi connectivity index (χ4n) is 2.74. The molecular weight excluding hydrogens is 270 g/mol. The van der Waals surface area contributed by atoms with Crippen molar-refractivity contribution in [2.45, 2.75) is 18.8 Å². The van der Waals surface area contributed by atoms with E-state index in [2.05, 4.69) is 17.4 Å². The van der Waals surface area contributed by atoms with Gasteiger partial charge in [-0.2, -0.15) is 0 Å². The SMILES string of the molecule is O=C(Cc1ccccc1Cl)CC1CNc2ccccc21. The molecule has 20 heavy (non-hydrogen) atoms. The molecule has 0 aromatic heterocycles. The minimum atomic E-state index is 0.238. The van der Waals surface area contributed by atoms with Crippen molar-refractivity contribution in [3.05, 3.63) is 64.7 Å². The van der Waals surface area contributed by atoms with Crippen LogP contribution in [0, 0.1) is 0 Å². The van der Waals surface area contributed by atoms with Crippen molar-refractivity contribution in [3.8, 4) is 0 Å². The Morgan fingerprint density at radius 2 is 1.90 bits per heavy atom. The van der Waals surface area contributed by atoms with E-state index >= 15 is 0 Å². The highest BCUT2D eigenvalue weighted by Gasteiger charge is 2.24. The zero-order valence-electron chi connectivity index (χ0n) is 11.1. The zero-order valence-corrected chi connectivity index (χ0v) is 11.9. The molecule has 1 aliphatic heterocycles. The maximum absolute atomic E-state index is 12.2. The molecule has 0 saturated carbocycles. The van der Waals surface area contributed by atoms with Crippen molar-refractivity contribution >= 4 is 23.1 Å². The largest absolute Gasteiger partial charge is 0.384 e. The maximum atomic E-state index is 12.2. The van der Waals surface area contributed by atoms with Gasteiger partial charge in [0.2, 0.25) is 0 Å². The van der Waals surface area contributed by atoms with Crippen LogP contribution in [0.5, 0.6) is 0 Å². The molecular formula is C17H16ClNO. The lowest BCUT2D eigenvalue weighted by Gasteiger charge is -2.09. The molecule has 0 aliphatic carbocycles. The Morgan fingerprint density at radius 1 is 1.15 bits per heavy atom. The lowest BCUT2D eigenvalue weighted by molar-refractivity contribution is -0.118. The molecule has 2 aromatic rings. The van der Waals surface area contributed by atoms with E-state index < -0.39 is 0 Å². The van der Waals surface area contributed by atoms with Gasteiger partial charge in [-0.15, -0.1) is 0 Å². The second-order valence-electron chi connectivity index (χ2n) is 5.18. The van der Waals surface area contributed by atoms with Gasteiger partial charge in [-0.1, -0.05) is 48.0 Å². The molecule has 0 spiro atoms. The van der Waals surface area contributed by atoms with Gasteiger partial charge in [0.1, 0.15) is 5.78 Å². The minimum absolute atomic E-state index is 0.238. The summed E-state index contributed by atoms with van der Waals surface area (Å²) >= 11 is 6.10. The highest BCUT2D eigenvalue weighted by molar-refractivity contribution is 6.31. The normalized spacial score (nSPS) is 16.6. The summed E-state index contributed by atoms with van der Waals surface area (Å²) in [5, 5.41) is 4.02. The number of fused-ring (bicyclic) bond motifs is 1. The quantitative estimate of drug-likeness (QED) is 0.918. The second-order valence-corrected chi connectivity index (χ2v) is 5.58. The molecule has 1 N–H and O–H groups in total. The van der Waals surface area contributed by atoms with E-state index in [-0.39, 0.29) is 11.7 Å². The van der Waals surface area contributed by atoms with Crippen molar-refractivity contribution in [1.29, 1.82) is 0 Å². The Morgan fingerprint density at radius 3 is 2.75 bits per heavy atom. The lowest BCUT2D eigenvalue weighted by Crippen LogP contribution is -2.11. The summed E-state index contributed by atoms with van der Waals surface area (Å²) in [5.74, 6) is 0.516. The third-order valence-electron chi connectivity index (χ3n) is 3.76. The molecule has 102 valence electrons. The molecule has 3 heteroatoms. The third kappa shape index (κ3) is 2.70. The fraction of sp³-hybridized carbons (Fsp3) is 0.235. The van der Waals surface area contributed by atoms with Crippen LogP contribution in [0.15, 0.2) is 48.5 Å². The number of para-hydroxylation sites is 1. The Hall–Kier alpha value is -1.80. The van der Waals surface area contributed by atoms with E-state index in [1.54, 1.807) is 0 Å². The summed E-state index contributed by atoms with van der Waals surface area (Å²) in [6.07, 6.45) is 0.980. The van der Waals surface area contributed by atoms with Crippen molar-refractivity contribution < 1.29 is 4.79 Å². The number of halogens is 1. The van der Waals surface area contributed by atoms with Gasteiger partial charge >= 0.3 is 0 Å². The molecule has 0 saturated heterocycles. The van der Waals surface area contributed by atoms with Crippen LogP contribution in [0.1, 0.15) is 23.5 Å². The van der Waals surface area contributed by atoms with Crippen molar-refractivity contribution in [2.75, 3.05) is 11.9 Å². The van der Waals surface area contributed by atoms with Crippen LogP contribution in [-0.2, 0) is 11.2 Å². The van der Waals surface area contributed by atoms with Crippen molar-refractivity contribution in [1.82, 2.24) is 0 Å². The van der Waals surface area contributed by atoms with Crippen LogP contribution < -0.4 is 5.32 Å². The monoisotopic (exact) mass is 285 g/mol. The summed E-state index contributed by atoms with van der Waals surface area (Å²) in [4.78, 5) is 12.2. The number of anilines is 1. The molecule has 2 nitrogen and oxygen atoms in total. The molecule has 1 aliphatic rings. The van der Waals surface area contributed by atoms with Crippen LogP contribution in [-0.4, -0.2) is 12.3 Å². The predicted molar refractivity (Wildman–Crippen MR) is 82.5 cm³/mol. The van der Waals surface area contributed by atoms with Crippen molar-refractivity contribution in [3.63, 3.8) is 0 Å².